The lowest BCUT2D eigenvalue weighted by atomic mass is 10.1. The first-order valence-electron chi connectivity index (χ1n) is 7.53. The largest absolute Gasteiger partial charge is 0.490 e. The van der Waals surface area contributed by atoms with E-state index in [1.165, 1.54) is 5.56 Å². The molecule has 22 heavy (non-hydrogen) atoms. The van der Waals surface area contributed by atoms with Crippen molar-refractivity contribution in [2.75, 3.05) is 18.5 Å². The van der Waals surface area contributed by atoms with Gasteiger partial charge in [-0.2, -0.15) is 0 Å². The Labute approximate surface area is 132 Å². The summed E-state index contributed by atoms with van der Waals surface area (Å²) in [6.45, 7) is 9.56. The highest BCUT2D eigenvalue weighted by atomic mass is 16.5. The van der Waals surface area contributed by atoms with Crippen molar-refractivity contribution < 1.29 is 9.47 Å². The van der Waals surface area contributed by atoms with Gasteiger partial charge in [0.15, 0.2) is 11.5 Å². The second-order valence-electron chi connectivity index (χ2n) is 4.98. The number of anilines is 1. The summed E-state index contributed by atoms with van der Waals surface area (Å²) in [5.41, 5.74) is 3.53. The summed E-state index contributed by atoms with van der Waals surface area (Å²) in [6.07, 6.45) is 1.73. The lowest BCUT2D eigenvalue weighted by Crippen LogP contribution is -2.03. The van der Waals surface area contributed by atoms with Crippen LogP contribution in [0.5, 0.6) is 11.5 Å². The summed E-state index contributed by atoms with van der Waals surface area (Å²) in [5.74, 6) is 1.52. The predicted octanol–water partition coefficient (Wildman–Crippen LogP) is 4.57. The Morgan fingerprint density at radius 1 is 1.09 bits per heavy atom. The highest BCUT2D eigenvalue weighted by Gasteiger charge is 2.06. The van der Waals surface area contributed by atoms with Crippen LogP contribution in [-0.4, -0.2) is 13.2 Å². The van der Waals surface area contributed by atoms with E-state index in [0.717, 1.165) is 29.3 Å². The first kappa shape index (κ1) is 16.0. The maximum Gasteiger partial charge on any atom is 0.161 e. The number of hydrogen-bond donors (Lipinski definition) is 1. The molecular formula is C19H23NO2. The summed E-state index contributed by atoms with van der Waals surface area (Å²) in [4.78, 5) is 0. The van der Waals surface area contributed by atoms with Crippen molar-refractivity contribution in [1.29, 1.82) is 0 Å². The van der Waals surface area contributed by atoms with E-state index in [4.69, 9.17) is 9.47 Å². The van der Waals surface area contributed by atoms with Gasteiger partial charge in [-0.05, 0) is 43.2 Å². The van der Waals surface area contributed by atoms with Gasteiger partial charge in [0, 0.05) is 12.2 Å². The predicted molar refractivity (Wildman–Crippen MR) is 91.8 cm³/mol. The molecule has 1 N–H and O–H groups in total. The van der Waals surface area contributed by atoms with Crippen molar-refractivity contribution in [1.82, 2.24) is 0 Å². The van der Waals surface area contributed by atoms with Gasteiger partial charge in [0.05, 0.1) is 6.61 Å². The Morgan fingerprint density at radius 2 is 1.91 bits per heavy atom. The van der Waals surface area contributed by atoms with Crippen LogP contribution < -0.4 is 14.8 Å². The summed E-state index contributed by atoms with van der Waals surface area (Å²) >= 11 is 0. The second kappa shape index (κ2) is 8.13. The fraction of sp³-hybridized carbons (Fsp3) is 0.263. The van der Waals surface area contributed by atoms with Gasteiger partial charge >= 0.3 is 0 Å². The molecule has 0 radical (unpaired) electrons. The van der Waals surface area contributed by atoms with Gasteiger partial charge in [0.2, 0.25) is 0 Å². The molecule has 0 saturated heterocycles. The molecule has 3 nitrogen and oxygen atoms in total. The number of para-hydroxylation sites is 1. The summed E-state index contributed by atoms with van der Waals surface area (Å²) < 4.78 is 11.3. The molecule has 2 rings (SSSR count). The summed E-state index contributed by atoms with van der Waals surface area (Å²) in [6, 6.07) is 14.3. The van der Waals surface area contributed by atoms with Crippen LogP contribution in [0, 0.1) is 6.92 Å². The number of nitrogens with one attached hydrogen (secondary N) is 1. The number of ether oxygens (including phenoxy) is 2. The van der Waals surface area contributed by atoms with Crippen LogP contribution in [0.2, 0.25) is 0 Å². The smallest absolute Gasteiger partial charge is 0.161 e. The zero-order valence-corrected chi connectivity index (χ0v) is 13.3. The third kappa shape index (κ3) is 4.29. The molecule has 2 aromatic rings. The minimum absolute atomic E-state index is 0.473. The molecule has 0 atom stereocenters. The van der Waals surface area contributed by atoms with Crippen LogP contribution in [0.1, 0.15) is 18.1 Å². The van der Waals surface area contributed by atoms with Gasteiger partial charge in [-0.1, -0.05) is 36.9 Å². The van der Waals surface area contributed by atoms with E-state index in [-0.39, 0.29) is 0 Å². The normalized spacial score (nSPS) is 10.1. The maximum atomic E-state index is 5.66. The molecule has 0 saturated carbocycles. The molecule has 0 aliphatic heterocycles. The van der Waals surface area contributed by atoms with Crippen molar-refractivity contribution in [3.05, 3.63) is 66.2 Å². The standard InChI is InChI=1S/C19H23NO2/c1-4-12-22-18-11-10-16(13-19(18)21-5-2)14-20-17-9-7-6-8-15(17)3/h4,6-11,13,20H,1,5,12,14H2,2-3H3. The van der Waals surface area contributed by atoms with E-state index in [9.17, 15) is 0 Å². The van der Waals surface area contributed by atoms with Crippen molar-refractivity contribution in [2.24, 2.45) is 0 Å². The van der Waals surface area contributed by atoms with E-state index >= 15 is 0 Å². The Kier molecular flexibility index (Phi) is 5.90. The summed E-state index contributed by atoms with van der Waals surface area (Å²) in [5, 5.41) is 3.45. The van der Waals surface area contributed by atoms with Crippen LogP contribution in [0.15, 0.2) is 55.1 Å². The molecule has 0 bridgehead atoms. The zero-order valence-electron chi connectivity index (χ0n) is 13.3. The zero-order chi connectivity index (χ0) is 15.8. The monoisotopic (exact) mass is 297 g/mol. The van der Waals surface area contributed by atoms with E-state index in [1.807, 2.05) is 37.3 Å². The van der Waals surface area contributed by atoms with E-state index in [2.05, 4.69) is 31.0 Å². The van der Waals surface area contributed by atoms with Crippen LogP contribution in [-0.2, 0) is 6.54 Å². The molecule has 116 valence electrons. The fourth-order valence-electron chi connectivity index (χ4n) is 2.17. The minimum atomic E-state index is 0.473. The van der Waals surface area contributed by atoms with Crippen molar-refractivity contribution in [3.63, 3.8) is 0 Å². The molecular weight excluding hydrogens is 274 g/mol. The molecule has 0 amide bonds. The van der Waals surface area contributed by atoms with Gasteiger partial charge in [-0.15, -0.1) is 0 Å². The summed E-state index contributed by atoms with van der Waals surface area (Å²) in [7, 11) is 0. The van der Waals surface area contributed by atoms with E-state index in [1.54, 1.807) is 6.08 Å². The molecule has 0 aliphatic carbocycles. The lowest BCUT2D eigenvalue weighted by molar-refractivity contribution is 0.296. The van der Waals surface area contributed by atoms with Crippen LogP contribution >= 0.6 is 0 Å². The third-order valence-electron chi connectivity index (χ3n) is 3.29. The van der Waals surface area contributed by atoms with Crippen molar-refractivity contribution in [2.45, 2.75) is 20.4 Å². The van der Waals surface area contributed by atoms with E-state index in [0.29, 0.717) is 13.2 Å². The molecule has 0 heterocycles. The Balaban J connectivity index is 2.09. The Hall–Kier alpha value is -2.42. The highest BCUT2D eigenvalue weighted by molar-refractivity contribution is 5.51. The van der Waals surface area contributed by atoms with Gasteiger partial charge in [-0.3, -0.25) is 0 Å². The number of aryl methyl sites for hydroxylation is 1. The van der Waals surface area contributed by atoms with Crippen LogP contribution in [0.3, 0.4) is 0 Å². The minimum Gasteiger partial charge on any atom is -0.490 e. The maximum absolute atomic E-state index is 5.66. The molecule has 0 aromatic heterocycles. The first-order chi connectivity index (χ1) is 10.7. The van der Waals surface area contributed by atoms with Crippen molar-refractivity contribution >= 4 is 5.69 Å². The second-order valence-corrected chi connectivity index (χ2v) is 4.98. The Morgan fingerprint density at radius 3 is 2.64 bits per heavy atom. The lowest BCUT2D eigenvalue weighted by Gasteiger charge is -2.14. The molecule has 3 heteroatoms. The SMILES string of the molecule is C=CCOc1ccc(CNc2ccccc2C)cc1OCC. The first-order valence-corrected chi connectivity index (χ1v) is 7.53. The Bertz CT molecular complexity index is 623. The van der Waals surface area contributed by atoms with Gasteiger partial charge in [0.25, 0.3) is 0 Å². The molecule has 2 aromatic carbocycles. The van der Waals surface area contributed by atoms with Crippen LogP contribution in [0.25, 0.3) is 0 Å². The fourth-order valence-corrected chi connectivity index (χ4v) is 2.17. The molecule has 0 unspecified atom stereocenters. The van der Waals surface area contributed by atoms with Crippen LogP contribution in [0.4, 0.5) is 5.69 Å². The quantitative estimate of drug-likeness (QED) is 0.724. The average molecular weight is 297 g/mol. The van der Waals surface area contributed by atoms with Gasteiger partial charge < -0.3 is 14.8 Å². The average Bonchev–Trinajstić information content (AvgIpc) is 2.53. The molecule has 0 spiro atoms. The highest BCUT2D eigenvalue weighted by Crippen LogP contribution is 2.29. The third-order valence-corrected chi connectivity index (χ3v) is 3.29. The van der Waals surface area contributed by atoms with E-state index < -0.39 is 0 Å². The van der Waals surface area contributed by atoms with Crippen molar-refractivity contribution in [3.8, 4) is 11.5 Å². The molecule has 0 aliphatic rings. The molecule has 0 fully saturated rings. The van der Waals surface area contributed by atoms with Gasteiger partial charge in [0.1, 0.15) is 6.61 Å². The number of benzene rings is 2. The topological polar surface area (TPSA) is 30.5 Å². The number of hydrogen-bond acceptors (Lipinski definition) is 3. The van der Waals surface area contributed by atoms with Gasteiger partial charge in [-0.25, -0.2) is 0 Å². The number of rotatable bonds is 8.